The monoisotopic (exact) mass is 966 g/mol. The molecule has 352 valence electrons. The average Bonchev–Trinajstić information content (AvgIpc) is 3.96. The highest BCUT2D eigenvalue weighted by Crippen LogP contribution is 2.54. The summed E-state index contributed by atoms with van der Waals surface area (Å²) in [7, 11) is -3.08. The SMILES string of the molecule is Cc1c2c3c(cccc3c3cc(N(c4ccc([Si](C)(C)C)cc4)c4cccc5c4oc4ccccc45)ccc13)C(C)(C)c1cc(N(c3ccc([Si](C)(C)C)cc3)c3cccc4c3oc3ccccc34)ccc1-2. The molecule has 0 N–H and O–H groups in total. The van der Waals surface area contributed by atoms with Gasteiger partial charge in [0.25, 0.3) is 0 Å². The Morgan fingerprint density at radius 1 is 0.389 bits per heavy atom. The first-order valence-electron chi connectivity index (χ1n) is 25.4. The molecule has 10 aromatic carbocycles. The van der Waals surface area contributed by atoms with Crippen LogP contribution in [0.4, 0.5) is 34.1 Å². The van der Waals surface area contributed by atoms with E-state index in [0.29, 0.717) is 0 Å². The predicted molar refractivity (Wildman–Crippen MR) is 314 cm³/mol. The first-order chi connectivity index (χ1) is 34.6. The van der Waals surface area contributed by atoms with Gasteiger partial charge >= 0.3 is 0 Å². The van der Waals surface area contributed by atoms with E-state index in [1.54, 1.807) is 0 Å². The summed E-state index contributed by atoms with van der Waals surface area (Å²) in [6, 6.07) is 69.7. The van der Waals surface area contributed by atoms with E-state index < -0.39 is 16.1 Å². The van der Waals surface area contributed by atoms with E-state index >= 15 is 0 Å². The molecule has 2 aromatic heterocycles. The second kappa shape index (κ2) is 15.9. The molecule has 1 aliphatic carbocycles. The van der Waals surface area contributed by atoms with Crippen molar-refractivity contribution in [1.82, 2.24) is 0 Å². The highest BCUT2D eigenvalue weighted by Gasteiger charge is 2.36. The van der Waals surface area contributed by atoms with Crippen LogP contribution in [0.1, 0.15) is 30.5 Å². The zero-order valence-corrected chi connectivity index (χ0v) is 44.6. The Kier molecular flexibility index (Phi) is 9.80. The molecule has 0 amide bonds. The summed E-state index contributed by atoms with van der Waals surface area (Å²) < 4.78 is 13.5. The summed E-state index contributed by atoms with van der Waals surface area (Å²) in [6.45, 7) is 21.6. The van der Waals surface area contributed by atoms with E-state index in [1.807, 2.05) is 0 Å². The van der Waals surface area contributed by atoms with Gasteiger partial charge in [-0.15, -0.1) is 0 Å². The van der Waals surface area contributed by atoms with Gasteiger partial charge in [0, 0.05) is 49.7 Å². The zero-order valence-electron chi connectivity index (χ0n) is 42.6. The molecule has 0 saturated heterocycles. The third kappa shape index (κ3) is 6.76. The van der Waals surface area contributed by atoms with Crippen LogP contribution in [0.3, 0.4) is 0 Å². The van der Waals surface area contributed by atoms with Crippen molar-refractivity contribution >= 4 is 126 Å². The van der Waals surface area contributed by atoms with Gasteiger partial charge in [-0.25, -0.2) is 0 Å². The standard InChI is InChI=1S/C66H58N2O2Si2/c1-41-48-37-31-44(67(42-27-33-46(34-28-42)71(4,5)6)58-23-15-20-52-49-17-10-12-25-60(49)69-64(52)58)39-55(48)51-19-14-22-56-63(51)62(41)54-38-32-45(40-57(54)66(56,2)3)68(43-29-35-47(36-30-43)72(7,8)9)59-24-16-21-53-50-18-11-13-26-61(50)70-65(53)59/h10-40H,1-9H3. The summed E-state index contributed by atoms with van der Waals surface area (Å²) in [5.41, 5.74) is 16.2. The molecule has 6 heteroatoms. The molecule has 0 unspecified atom stereocenters. The molecule has 72 heavy (non-hydrogen) atoms. The Hall–Kier alpha value is -7.65. The topological polar surface area (TPSA) is 32.8 Å². The quantitative estimate of drug-likeness (QED) is 0.112. The van der Waals surface area contributed by atoms with E-state index in [2.05, 4.69) is 258 Å². The van der Waals surface area contributed by atoms with Crippen LogP contribution in [-0.4, -0.2) is 16.1 Å². The second-order valence-corrected chi connectivity index (χ2v) is 32.7. The molecular formula is C66H58N2O2Si2. The minimum Gasteiger partial charge on any atom is -0.454 e. The smallest absolute Gasteiger partial charge is 0.159 e. The number of nitrogens with zero attached hydrogens (tertiary/aromatic N) is 2. The van der Waals surface area contributed by atoms with E-state index in [1.165, 1.54) is 59.7 Å². The highest BCUT2D eigenvalue weighted by atomic mass is 28.3. The summed E-state index contributed by atoms with van der Waals surface area (Å²) in [5.74, 6) is 0. The third-order valence-corrected chi connectivity index (χ3v) is 19.9. The number of hydrogen-bond donors (Lipinski definition) is 0. The molecule has 0 aliphatic heterocycles. The van der Waals surface area contributed by atoms with Crippen LogP contribution < -0.4 is 20.2 Å². The minimum absolute atomic E-state index is 0.324. The van der Waals surface area contributed by atoms with E-state index in [4.69, 9.17) is 8.83 Å². The fourth-order valence-electron chi connectivity index (χ4n) is 11.9. The molecule has 0 bridgehead atoms. The van der Waals surface area contributed by atoms with Gasteiger partial charge in [-0.2, -0.15) is 0 Å². The molecule has 0 spiro atoms. The van der Waals surface area contributed by atoms with Crippen LogP contribution in [-0.2, 0) is 5.41 Å². The van der Waals surface area contributed by atoms with Crippen molar-refractivity contribution < 1.29 is 8.83 Å². The molecule has 0 radical (unpaired) electrons. The molecule has 0 atom stereocenters. The van der Waals surface area contributed by atoms with Gasteiger partial charge in [0.1, 0.15) is 11.2 Å². The van der Waals surface area contributed by atoms with Crippen LogP contribution in [0, 0.1) is 6.92 Å². The second-order valence-electron chi connectivity index (χ2n) is 22.6. The maximum absolute atomic E-state index is 6.76. The first kappa shape index (κ1) is 44.3. The number of furan rings is 2. The maximum Gasteiger partial charge on any atom is 0.159 e. The van der Waals surface area contributed by atoms with E-state index in [-0.39, 0.29) is 5.41 Å². The molecule has 1 aliphatic rings. The molecule has 4 nitrogen and oxygen atoms in total. The minimum atomic E-state index is -1.54. The molecule has 0 saturated carbocycles. The number of rotatable bonds is 8. The first-order valence-corrected chi connectivity index (χ1v) is 32.4. The highest BCUT2D eigenvalue weighted by molar-refractivity contribution is 6.89. The Balaban J connectivity index is 1.00. The largest absolute Gasteiger partial charge is 0.454 e. The van der Waals surface area contributed by atoms with E-state index in [9.17, 15) is 0 Å². The van der Waals surface area contributed by atoms with Gasteiger partial charge in [0.05, 0.1) is 27.5 Å². The Bertz CT molecular complexity index is 4170. The summed E-state index contributed by atoms with van der Waals surface area (Å²) in [6.07, 6.45) is 0. The fourth-order valence-corrected chi connectivity index (χ4v) is 14.2. The molecule has 0 fully saturated rings. The summed E-state index contributed by atoms with van der Waals surface area (Å²) in [5, 5.41) is 12.5. The van der Waals surface area contributed by atoms with Crippen molar-refractivity contribution in [2.45, 2.75) is 65.5 Å². The number of aryl methyl sites for hydroxylation is 1. The Morgan fingerprint density at radius 2 is 0.847 bits per heavy atom. The molecule has 2 heterocycles. The van der Waals surface area contributed by atoms with Gasteiger partial charge in [-0.05, 0) is 129 Å². The lowest BCUT2D eigenvalue weighted by molar-refractivity contribution is 0.645. The van der Waals surface area contributed by atoms with Crippen LogP contribution in [0.5, 0.6) is 0 Å². The van der Waals surface area contributed by atoms with Crippen molar-refractivity contribution in [2.75, 3.05) is 9.80 Å². The Labute approximate surface area is 423 Å². The average molecular weight is 967 g/mol. The van der Waals surface area contributed by atoms with Crippen molar-refractivity contribution in [2.24, 2.45) is 0 Å². The Morgan fingerprint density at radius 3 is 1.39 bits per heavy atom. The normalized spacial score (nSPS) is 13.5. The zero-order chi connectivity index (χ0) is 49.4. The predicted octanol–water partition coefficient (Wildman–Crippen LogP) is 18.4. The van der Waals surface area contributed by atoms with Gasteiger partial charge in [-0.1, -0.05) is 179 Å². The number of benzene rings is 10. The number of hydrogen-bond acceptors (Lipinski definition) is 4. The fraction of sp³-hybridized carbons (Fsp3) is 0.152. The van der Waals surface area contributed by atoms with Gasteiger partial charge in [0.2, 0.25) is 0 Å². The van der Waals surface area contributed by atoms with Crippen LogP contribution in [0.25, 0.3) is 76.5 Å². The van der Waals surface area contributed by atoms with Gasteiger partial charge < -0.3 is 18.6 Å². The van der Waals surface area contributed by atoms with Crippen molar-refractivity contribution in [3.8, 4) is 11.1 Å². The van der Waals surface area contributed by atoms with Gasteiger partial charge in [-0.3, -0.25) is 0 Å². The lowest BCUT2D eigenvalue weighted by atomic mass is 9.67. The third-order valence-electron chi connectivity index (χ3n) is 15.8. The lowest BCUT2D eigenvalue weighted by Crippen LogP contribution is -2.37. The molecule has 13 rings (SSSR count). The van der Waals surface area contributed by atoms with Crippen molar-refractivity contribution in [1.29, 1.82) is 0 Å². The van der Waals surface area contributed by atoms with Crippen molar-refractivity contribution in [3.63, 3.8) is 0 Å². The number of anilines is 6. The van der Waals surface area contributed by atoms with Crippen LogP contribution >= 0.6 is 0 Å². The van der Waals surface area contributed by atoms with Crippen molar-refractivity contribution in [3.05, 3.63) is 205 Å². The van der Waals surface area contributed by atoms with Crippen LogP contribution in [0.15, 0.2) is 197 Å². The summed E-state index contributed by atoms with van der Waals surface area (Å²) >= 11 is 0. The molecule has 12 aromatic rings. The van der Waals surface area contributed by atoms with Crippen LogP contribution in [0.2, 0.25) is 39.3 Å². The number of para-hydroxylation sites is 4. The maximum atomic E-state index is 6.76. The molecular weight excluding hydrogens is 909 g/mol. The lowest BCUT2D eigenvalue weighted by Gasteiger charge is -2.37. The number of fused-ring (bicyclic) bond motifs is 10. The van der Waals surface area contributed by atoms with Gasteiger partial charge in [0.15, 0.2) is 11.2 Å². The summed E-state index contributed by atoms with van der Waals surface area (Å²) in [4.78, 5) is 4.82. The van der Waals surface area contributed by atoms with E-state index in [0.717, 1.165) is 78.0 Å².